The van der Waals surface area contributed by atoms with Crippen molar-refractivity contribution < 1.29 is 9.84 Å². The van der Waals surface area contributed by atoms with Gasteiger partial charge in [-0.05, 0) is 0 Å². The number of hydrogen-bond donors (Lipinski definition) is 2. The van der Waals surface area contributed by atoms with Crippen LogP contribution in [-0.4, -0.2) is 41.4 Å². The molecule has 0 aliphatic carbocycles. The van der Waals surface area contributed by atoms with Crippen LogP contribution < -0.4 is 5.32 Å². The summed E-state index contributed by atoms with van der Waals surface area (Å²) in [5.74, 6) is 1.25. The molecule has 0 saturated carbocycles. The molecule has 0 aliphatic rings. The first-order valence-electron chi connectivity index (χ1n) is 5.78. The maximum Gasteiger partial charge on any atom is 0.137 e. The van der Waals surface area contributed by atoms with Crippen molar-refractivity contribution in [2.75, 3.05) is 25.6 Å². The van der Waals surface area contributed by atoms with Crippen molar-refractivity contribution in [3.05, 3.63) is 17.0 Å². The van der Waals surface area contributed by atoms with Gasteiger partial charge in [0.15, 0.2) is 0 Å². The van der Waals surface area contributed by atoms with Gasteiger partial charge in [-0.3, -0.25) is 0 Å². The predicted molar refractivity (Wildman–Crippen MR) is 72.1 cm³/mol. The number of methoxy groups -OCH3 is 1. The zero-order chi connectivity index (χ0) is 13.8. The molecule has 2 N–H and O–H groups in total. The SMILES string of the molecule is COCC(CO)Nc1cc(Cl)nc(C(C)(C)C)n1. The lowest BCUT2D eigenvalue weighted by Gasteiger charge is -2.20. The van der Waals surface area contributed by atoms with Crippen LogP contribution in [-0.2, 0) is 10.2 Å². The number of aliphatic hydroxyl groups is 1. The van der Waals surface area contributed by atoms with Crippen molar-refractivity contribution in [2.45, 2.75) is 32.2 Å². The third kappa shape index (κ3) is 4.40. The Hall–Kier alpha value is -0.910. The molecule has 6 heteroatoms. The number of nitrogens with one attached hydrogen (secondary N) is 1. The number of aliphatic hydroxyl groups excluding tert-OH is 1. The molecule has 5 nitrogen and oxygen atoms in total. The summed E-state index contributed by atoms with van der Waals surface area (Å²) in [5, 5.41) is 12.7. The molecular formula is C12H20ClN3O2. The normalized spacial score (nSPS) is 13.4. The van der Waals surface area contributed by atoms with E-state index in [1.54, 1.807) is 13.2 Å². The van der Waals surface area contributed by atoms with Crippen LogP contribution in [0.1, 0.15) is 26.6 Å². The molecule has 0 spiro atoms. The fourth-order valence-corrected chi connectivity index (χ4v) is 1.56. The number of hydrogen-bond acceptors (Lipinski definition) is 5. The summed E-state index contributed by atoms with van der Waals surface area (Å²) in [7, 11) is 1.58. The van der Waals surface area contributed by atoms with Gasteiger partial charge < -0.3 is 15.2 Å². The number of nitrogens with zero attached hydrogens (tertiary/aromatic N) is 2. The number of ether oxygens (including phenoxy) is 1. The van der Waals surface area contributed by atoms with E-state index in [1.165, 1.54) is 0 Å². The quantitative estimate of drug-likeness (QED) is 0.802. The summed E-state index contributed by atoms with van der Waals surface area (Å²) < 4.78 is 5.00. The van der Waals surface area contributed by atoms with Gasteiger partial charge in [0.25, 0.3) is 0 Å². The summed E-state index contributed by atoms with van der Waals surface area (Å²) in [5.41, 5.74) is -0.183. The lowest BCUT2D eigenvalue weighted by Crippen LogP contribution is -2.29. The van der Waals surface area contributed by atoms with Crippen molar-refractivity contribution in [3.8, 4) is 0 Å². The van der Waals surface area contributed by atoms with E-state index in [0.29, 0.717) is 23.4 Å². The van der Waals surface area contributed by atoms with E-state index in [2.05, 4.69) is 15.3 Å². The van der Waals surface area contributed by atoms with Crippen molar-refractivity contribution in [1.29, 1.82) is 0 Å². The van der Waals surface area contributed by atoms with Crippen LogP contribution in [0.25, 0.3) is 0 Å². The predicted octanol–water partition coefficient (Wildman–Crippen LogP) is 1.85. The van der Waals surface area contributed by atoms with Crippen LogP contribution in [0.5, 0.6) is 0 Å². The summed E-state index contributed by atoms with van der Waals surface area (Å²) >= 11 is 5.97. The summed E-state index contributed by atoms with van der Waals surface area (Å²) in [6.45, 7) is 6.40. The lowest BCUT2D eigenvalue weighted by atomic mass is 9.96. The minimum Gasteiger partial charge on any atom is -0.394 e. The summed E-state index contributed by atoms with van der Waals surface area (Å²) in [4.78, 5) is 8.61. The third-order valence-electron chi connectivity index (χ3n) is 2.31. The van der Waals surface area contributed by atoms with E-state index < -0.39 is 0 Å². The fourth-order valence-electron chi connectivity index (χ4n) is 1.38. The van der Waals surface area contributed by atoms with Crippen LogP contribution in [0.4, 0.5) is 5.82 Å². The Morgan fingerprint density at radius 3 is 2.61 bits per heavy atom. The second-order valence-corrected chi connectivity index (χ2v) is 5.52. The molecular weight excluding hydrogens is 254 g/mol. The van der Waals surface area contributed by atoms with Crippen molar-refractivity contribution in [3.63, 3.8) is 0 Å². The third-order valence-corrected chi connectivity index (χ3v) is 2.50. The van der Waals surface area contributed by atoms with Crippen LogP contribution in [0.2, 0.25) is 5.15 Å². The van der Waals surface area contributed by atoms with E-state index in [4.69, 9.17) is 16.3 Å². The summed E-state index contributed by atoms with van der Waals surface area (Å²) in [6.07, 6.45) is 0. The molecule has 102 valence electrons. The van der Waals surface area contributed by atoms with Gasteiger partial charge in [-0.2, -0.15) is 0 Å². The van der Waals surface area contributed by atoms with Gasteiger partial charge in [-0.25, -0.2) is 9.97 Å². The van der Waals surface area contributed by atoms with Crippen LogP contribution in [0.15, 0.2) is 6.07 Å². The molecule has 1 unspecified atom stereocenters. The maximum absolute atomic E-state index is 9.20. The molecule has 0 amide bonds. The minimum atomic E-state index is -0.214. The van der Waals surface area contributed by atoms with Gasteiger partial charge in [0.1, 0.15) is 16.8 Å². The van der Waals surface area contributed by atoms with Gasteiger partial charge >= 0.3 is 0 Å². The number of anilines is 1. The second-order valence-electron chi connectivity index (χ2n) is 5.13. The smallest absolute Gasteiger partial charge is 0.137 e. The number of aromatic nitrogens is 2. The first kappa shape index (κ1) is 15.1. The molecule has 0 saturated heterocycles. The van der Waals surface area contributed by atoms with Crippen molar-refractivity contribution >= 4 is 17.4 Å². The van der Waals surface area contributed by atoms with Crippen molar-refractivity contribution in [2.24, 2.45) is 0 Å². The topological polar surface area (TPSA) is 67.3 Å². The van der Waals surface area contributed by atoms with Crippen LogP contribution in [0.3, 0.4) is 0 Å². The highest BCUT2D eigenvalue weighted by Gasteiger charge is 2.19. The molecule has 0 radical (unpaired) electrons. The summed E-state index contributed by atoms with van der Waals surface area (Å²) in [6, 6.07) is 1.42. The monoisotopic (exact) mass is 273 g/mol. The molecule has 0 fully saturated rings. The standard InChI is InChI=1S/C12H20ClN3O2/c1-12(2,3)11-15-9(13)5-10(16-11)14-8(6-17)7-18-4/h5,8,17H,6-7H2,1-4H3,(H,14,15,16). The minimum absolute atomic E-state index is 0.0414. The molecule has 1 heterocycles. The van der Waals surface area contributed by atoms with E-state index in [9.17, 15) is 5.11 Å². The average Bonchev–Trinajstić information content (AvgIpc) is 2.26. The molecule has 1 aromatic rings. The Balaban J connectivity index is 2.92. The molecule has 1 atom stereocenters. The van der Waals surface area contributed by atoms with Crippen LogP contribution in [0, 0.1) is 0 Å². The first-order valence-corrected chi connectivity index (χ1v) is 6.16. The fraction of sp³-hybridized carbons (Fsp3) is 0.667. The Labute approximate surface area is 113 Å². The Kier molecular flexibility index (Phi) is 5.31. The Morgan fingerprint density at radius 2 is 2.11 bits per heavy atom. The number of halogens is 1. The van der Waals surface area contributed by atoms with E-state index in [0.717, 1.165) is 0 Å². The van der Waals surface area contributed by atoms with E-state index in [1.807, 2.05) is 20.8 Å². The Morgan fingerprint density at radius 1 is 1.44 bits per heavy atom. The maximum atomic E-state index is 9.20. The highest BCUT2D eigenvalue weighted by molar-refractivity contribution is 6.29. The lowest BCUT2D eigenvalue weighted by molar-refractivity contribution is 0.153. The largest absolute Gasteiger partial charge is 0.394 e. The van der Waals surface area contributed by atoms with Gasteiger partial charge in [-0.1, -0.05) is 32.4 Å². The molecule has 1 rings (SSSR count). The molecule has 0 aromatic carbocycles. The molecule has 18 heavy (non-hydrogen) atoms. The van der Waals surface area contributed by atoms with E-state index >= 15 is 0 Å². The zero-order valence-corrected chi connectivity index (χ0v) is 12.0. The zero-order valence-electron chi connectivity index (χ0n) is 11.2. The van der Waals surface area contributed by atoms with Gasteiger partial charge in [0.2, 0.25) is 0 Å². The number of rotatable bonds is 5. The Bertz CT molecular complexity index is 393. The average molecular weight is 274 g/mol. The highest BCUT2D eigenvalue weighted by atomic mass is 35.5. The highest BCUT2D eigenvalue weighted by Crippen LogP contribution is 2.22. The second kappa shape index (κ2) is 6.31. The van der Waals surface area contributed by atoms with Crippen LogP contribution >= 0.6 is 11.6 Å². The van der Waals surface area contributed by atoms with Gasteiger partial charge in [-0.15, -0.1) is 0 Å². The molecule has 0 bridgehead atoms. The molecule has 0 aliphatic heterocycles. The van der Waals surface area contributed by atoms with Gasteiger partial charge in [0, 0.05) is 18.6 Å². The van der Waals surface area contributed by atoms with E-state index in [-0.39, 0.29) is 18.1 Å². The molecule has 1 aromatic heterocycles. The van der Waals surface area contributed by atoms with Crippen molar-refractivity contribution in [1.82, 2.24) is 9.97 Å². The van der Waals surface area contributed by atoms with Gasteiger partial charge in [0.05, 0.1) is 19.3 Å². The first-order chi connectivity index (χ1) is 8.36.